The normalized spacial score (nSPS) is 15.9. The lowest BCUT2D eigenvalue weighted by molar-refractivity contribution is 0.447. The maximum atomic E-state index is 15.1. The largest absolute Gasteiger partial charge is 0.206 e. The number of hydrogen-bond donors (Lipinski definition) is 0. The Morgan fingerprint density at radius 2 is 1.50 bits per heavy atom. The van der Waals surface area contributed by atoms with E-state index in [2.05, 4.69) is 0 Å². The van der Waals surface area contributed by atoms with E-state index in [1.807, 2.05) is 0 Å². The summed E-state index contributed by atoms with van der Waals surface area (Å²) in [4.78, 5) is 0. The highest BCUT2D eigenvalue weighted by molar-refractivity contribution is 5.66. The van der Waals surface area contributed by atoms with Crippen LogP contribution in [0.15, 0.2) is 36.4 Å². The molecule has 0 aliphatic heterocycles. The highest BCUT2D eigenvalue weighted by Gasteiger charge is 2.27. The molecule has 6 heteroatoms. The first kappa shape index (κ1) is 20.5. The molecule has 3 aromatic rings. The van der Waals surface area contributed by atoms with Gasteiger partial charge in [-0.3, -0.25) is 0 Å². The Kier molecular flexibility index (Phi) is 5.35. The van der Waals surface area contributed by atoms with Gasteiger partial charge in [-0.15, -0.1) is 0 Å². The van der Waals surface area contributed by atoms with Gasteiger partial charge in [0.05, 0.1) is 0 Å². The monoisotopic (exact) mass is 420 g/mol. The summed E-state index contributed by atoms with van der Waals surface area (Å²) in [6.45, 7) is 1.74. The number of rotatable bonds is 3. The van der Waals surface area contributed by atoms with Crippen LogP contribution in [0.4, 0.5) is 26.3 Å². The molecule has 0 amide bonds. The Bertz CT molecular complexity index is 1110. The molecule has 0 spiro atoms. The zero-order valence-electron chi connectivity index (χ0n) is 16.1. The predicted octanol–water partition coefficient (Wildman–Crippen LogP) is 7.02. The molecule has 30 heavy (non-hydrogen) atoms. The Labute approximate surface area is 170 Å². The van der Waals surface area contributed by atoms with E-state index in [0.29, 0.717) is 36.0 Å². The van der Waals surface area contributed by atoms with Crippen molar-refractivity contribution >= 4 is 0 Å². The summed E-state index contributed by atoms with van der Waals surface area (Å²) in [6, 6.07) is 7.66. The van der Waals surface area contributed by atoms with Gasteiger partial charge in [-0.2, -0.15) is 0 Å². The third kappa shape index (κ3) is 3.38. The molecule has 4 rings (SSSR count). The summed E-state index contributed by atoms with van der Waals surface area (Å²) in [7, 11) is 0. The summed E-state index contributed by atoms with van der Waals surface area (Å²) < 4.78 is 84.1. The second-order valence-electron chi connectivity index (χ2n) is 7.55. The molecule has 0 N–H and O–H groups in total. The van der Waals surface area contributed by atoms with Crippen molar-refractivity contribution in [1.82, 2.24) is 0 Å². The van der Waals surface area contributed by atoms with Crippen LogP contribution in [-0.2, 0) is 19.3 Å². The topological polar surface area (TPSA) is 0 Å². The first-order valence-corrected chi connectivity index (χ1v) is 9.73. The number of benzene rings is 3. The van der Waals surface area contributed by atoms with Crippen LogP contribution in [0.25, 0.3) is 11.1 Å². The van der Waals surface area contributed by atoms with Crippen LogP contribution in [0.3, 0.4) is 0 Å². The lowest BCUT2D eigenvalue weighted by Crippen LogP contribution is -2.16. The van der Waals surface area contributed by atoms with Crippen molar-refractivity contribution in [2.75, 3.05) is 0 Å². The predicted molar refractivity (Wildman–Crippen MR) is 102 cm³/mol. The van der Waals surface area contributed by atoms with E-state index in [1.165, 1.54) is 6.07 Å². The van der Waals surface area contributed by atoms with Gasteiger partial charge in [0.1, 0.15) is 5.82 Å². The molecule has 1 atom stereocenters. The van der Waals surface area contributed by atoms with Crippen LogP contribution in [0, 0.1) is 34.9 Å². The van der Waals surface area contributed by atoms with Crippen molar-refractivity contribution in [3.8, 4) is 11.1 Å². The molecule has 0 radical (unpaired) electrons. The van der Waals surface area contributed by atoms with Crippen molar-refractivity contribution in [2.24, 2.45) is 0 Å². The molecule has 1 aliphatic carbocycles. The van der Waals surface area contributed by atoms with Gasteiger partial charge in [-0.05, 0) is 71.6 Å². The zero-order valence-corrected chi connectivity index (χ0v) is 16.1. The zero-order chi connectivity index (χ0) is 21.6. The van der Waals surface area contributed by atoms with Crippen molar-refractivity contribution in [3.05, 3.63) is 93.6 Å². The van der Waals surface area contributed by atoms with E-state index in [1.54, 1.807) is 25.1 Å². The molecular weight excluding hydrogens is 402 g/mol. The summed E-state index contributed by atoms with van der Waals surface area (Å²) in [5.41, 5.74) is 1.45. The van der Waals surface area contributed by atoms with E-state index < -0.39 is 34.9 Å². The van der Waals surface area contributed by atoms with E-state index in [0.717, 1.165) is 12.1 Å². The highest BCUT2D eigenvalue weighted by atomic mass is 19.2. The van der Waals surface area contributed by atoms with Gasteiger partial charge in [-0.25, -0.2) is 26.3 Å². The van der Waals surface area contributed by atoms with Crippen LogP contribution < -0.4 is 0 Å². The molecule has 1 aliphatic rings. The van der Waals surface area contributed by atoms with Gasteiger partial charge in [-0.1, -0.05) is 31.2 Å². The average Bonchev–Trinajstić information content (AvgIpc) is 2.73. The standard InChI is InChI=1S/C24H18F6/c1-2-12-3-6-17(23(29)21(12)27)14-4-7-16-13(9-14)5-8-18(22(16)28)15-10-19(25)24(30)20(26)11-15/h3,5-6,8,10-11,14H,2,4,7,9H2,1H3. The number of halogens is 6. The lowest BCUT2D eigenvalue weighted by atomic mass is 9.78. The molecule has 0 nitrogen and oxygen atoms in total. The molecule has 0 saturated heterocycles. The third-order valence-corrected chi connectivity index (χ3v) is 5.86. The quantitative estimate of drug-likeness (QED) is 0.315. The molecule has 0 fully saturated rings. The SMILES string of the molecule is CCc1ccc(C2CCc3c(ccc(-c4cc(F)c(F)c(F)c4)c3F)C2)c(F)c1F. The summed E-state index contributed by atoms with van der Waals surface area (Å²) in [5.74, 6) is -7.04. The molecule has 1 unspecified atom stereocenters. The van der Waals surface area contributed by atoms with Crippen molar-refractivity contribution in [3.63, 3.8) is 0 Å². The number of fused-ring (bicyclic) bond motifs is 1. The molecule has 0 bridgehead atoms. The lowest BCUT2D eigenvalue weighted by Gasteiger charge is -2.27. The highest BCUT2D eigenvalue weighted by Crippen LogP contribution is 2.38. The van der Waals surface area contributed by atoms with Crippen LogP contribution in [-0.4, -0.2) is 0 Å². The molecule has 0 heterocycles. The van der Waals surface area contributed by atoms with Gasteiger partial charge in [0, 0.05) is 5.56 Å². The van der Waals surface area contributed by atoms with Crippen LogP contribution in [0.1, 0.15) is 41.5 Å². The smallest absolute Gasteiger partial charge is 0.194 e. The molecular formula is C24H18F6. The Morgan fingerprint density at radius 1 is 0.800 bits per heavy atom. The maximum absolute atomic E-state index is 15.1. The fraction of sp³-hybridized carbons (Fsp3) is 0.250. The molecule has 156 valence electrons. The van der Waals surface area contributed by atoms with Gasteiger partial charge in [0.25, 0.3) is 0 Å². The van der Waals surface area contributed by atoms with E-state index in [9.17, 15) is 22.0 Å². The Balaban J connectivity index is 1.69. The minimum Gasteiger partial charge on any atom is -0.206 e. The Hall–Kier alpha value is -2.76. The number of hydrogen-bond acceptors (Lipinski definition) is 0. The second kappa shape index (κ2) is 7.82. The van der Waals surface area contributed by atoms with E-state index in [4.69, 9.17) is 0 Å². The van der Waals surface area contributed by atoms with E-state index >= 15 is 4.39 Å². The van der Waals surface area contributed by atoms with Gasteiger partial charge >= 0.3 is 0 Å². The minimum atomic E-state index is -1.61. The van der Waals surface area contributed by atoms with Gasteiger partial charge in [0.2, 0.25) is 0 Å². The van der Waals surface area contributed by atoms with Gasteiger partial charge < -0.3 is 0 Å². The maximum Gasteiger partial charge on any atom is 0.194 e. The summed E-state index contributed by atoms with van der Waals surface area (Å²) >= 11 is 0. The van der Waals surface area contributed by atoms with Crippen molar-refractivity contribution in [1.29, 1.82) is 0 Å². The fourth-order valence-corrected chi connectivity index (χ4v) is 4.20. The molecule has 0 aromatic heterocycles. The summed E-state index contributed by atoms with van der Waals surface area (Å²) in [5, 5.41) is 0. The Morgan fingerprint density at radius 3 is 2.17 bits per heavy atom. The first-order valence-electron chi connectivity index (χ1n) is 9.73. The first-order chi connectivity index (χ1) is 14.3. The third-order valence-electron chi connectivity index (χ3n) is 5.86. The average molecular weight is 420 g/mol. The van der Waals surface area contributed by atoms with Crippen LogP contribution in [0.2, 0.25) is 0 Å². The summed E-state index contributed by atoms with van der Waals surface area (Å²) in [6.07, 6.45) is 1.37. The van der Waals surface area contributed by atoms with Crippen molar-refractivity contribution in [2.45, 2.75) is 38.5 Å². The minimum absolute atomic E-state index is 0.0328. The van der Waals surface area contributed by atoms with Crippen molar-refractivity contribution < 1.29 is 26.3 Å². The van der Waals surface area contributed by atoms with E-state index in [-0.39, 0.29) is 29.0 Å². The van der Waals surface area contributed by atoms with Crippen LogP contribution >= 0.6 is 0 Å². The number of aryl methyl sites for hydroxylation is 1. The fourth-order valence-electron chi connectivity index (χ4n) is 4.20. The van der Waals surface area contributed by atoms with Crippen LogP contribution in [0.5, 0.6) is 0 Å². The molecule has 0 saturated carbocycles. The van der Waals surface area contributed by atoms with Gasteiger partial charge in [0.15, 0.2) is 29.1 Å². The molecule has 3 aromatic carbocycles. The second-order valence-corrected chi connectivity index (χ2v) is 7.55.